The van der Waals surface area contributed by atoms with Crippen molar-refractivity contribution in [3.05, 3.63) is 69.4 Å². The lowest BCUT2D eigenvalue weighted by molar-refractivity contribution is -0.123. The Balaban J connectivity index is 1.64. The molecule has 1 fully saturated rings. The summed E-state index contributed by atoms with van der Waals surface area (Å²) in [6, 6.07) is 11.5. The minimum absolute atomic E-state index is 0.0532. The predicted octanol–water partition coefficient (Wildman–Crippen LogP) is 6.24. The van der Waals surface area contributed by atoms with Crippen LogP contribution in [0.5, 0.6) is 0 Å². The molecule has 2 aromatic carbocycles. The van der Waals surface area contributed by atoms with Gasteiger partial charge in [0.05, 0.1) is 6.54 Å². The summed E-state index contributed by atoms with van der Waals surface area (Å²) >= 11 is 6.70. The fourth-order valence-electron chi connectivity index (χ4n) is 5.03. The van der Waals surface area contributed by atoms with Crippen LogP contribution in [0.1, 0.15) is 68.7 Å². The van der Waals surface area contributed by atoms with Crippen LogP contribution in [0.2, 0.25) is 5.02 Å². The molecule has 1 N–H and O–H groups in total. The molecule has 2 aliphatic rings. The van der Waals surface area contributed by atoms with E-state index >= 15 is 0 Å². The van der Waals surface area contributed by atoms with Gasteiger partial charge in [-0.2, -0.15) is 0 Å². The van der Waals surface area contributed by atoms with E-state index in [0.29, 0.717) is 10.9 Å². The second-order valence-electron chi connectivity index (χ2n) is 9.87. The van der Waals surface area contributed by atoms with Crippen LogP contribution in [-0.2, 0) is 11.3 Å². The van der Waals surface area contributed by atoms with Crippen LogP contribution in [0.3, 0.4) is 0 Å². The van der Waals surface area contributed by atoms with Gasteiger partial charge in [-0.05, 0) is 74.4 Å². The number of amides is 3. The smallest absolute Gasteiger partial charge is 0.329 e. The summed E-state index contributed by atoms with van der Waals surface area (Å²) in [5, 5.41) is 3.30. The second kappa shape index (κ2) is 8.86. The lowest BCUT2D eigenvalue weighted by Crippen LogP contribution is -2.48. The molecule has 6 heteroatoms. The number of rotatable bonds is 5. The first kappa shape index (κ1) is 23.4. The zero-order valence-electron chi connectivity index (χ0n) is 20.0. The maximum atomic E-state index is 13.0. The molecule has 0 spiro atoms. The van der Waals surface area contributed by atoms with Gasteiger partial charge in [0.25, 0.3) is 5.91 Å². The van der Waals surface area contributed by atoms with Crippen molar-refractivity contribution in [2.24, 2.45) is 0 Å². The van der Waals surface area contributed by atoms with E-state index in [1.165, 1.54) is 10.5 Å². The zero-order valence-corrected chi connectivity index (χ0v) is 20.8. The van der Waals surface area contributed by atoms with Crippen LogP contribution in [0.25, 0.3) is 6.08 Å². The summed E-state index contributed by atoms with van der Waals surface area (Å²) in [6.45, 7) is 12.2. The summed E-state index contributed by atoms with van der Waals surface area (Å²) in [6.07, 6.45) is 3.80. The van der Waals surface area contributed by atoms with Gasteiger partial charge in [0.2, 0.25) is 0 Å². The third kappa shape index (κ3) is 4.51. The van der Waals surface area contributed by atoms with Gasteiger partial charge in [-0.25, -0.2) is 4.79 Å². The number of nitrogens with zero attached hydrogens (tertiary/aromatic N) is 2. The number of hydrogen-bond acceptors (Lipinski definition) is 3. The Morgan fingerprint density at radius 3 is 2.55 bits per heavy atom. The number of nitrogens with one attached hydrogen (secondary N) is 1. The number of hydrogen-bond donors (Lipinski definition) is 1. The summed E-state index contributed by atoms with van der Waals surface area (Å²) < 4.78 is 0. The van der Waals surface area contributed by atoms with Crippen LogP contribution < -0.4 is 10.2 Å². The van der Waals surface area contributed by atoms with Crippen LogP contribution in [0.15, 0.2) is 42.1 Å². The molecule has 2 heterocycles. The molecule has 1 atom stereocenters. The molecule has 0 aromatic heterocycles. The van der Waals surface area contributed by atoms with E-state index < -0.39 is 6.03 Å². The van der Waals surface area contributed by atoms with E-state index in [4.69, 9.17) is 11.6 Å². The molecular formula is C27H32ClN3O2. The molecule has 0 aliphatic carbocycles. The van der Waals surface area contributed by atoms with Gasteiger partial charge in [-0.15, -0.1) is 0 Å². The van der Waals surface area contributed by atoms with E-state index in [0.717, 1.165) is 41.8 Å². The van der Waals surface area contributed by atoms with Crippen molar-refractivity contribution in [1.29, 1.82) is 0 Å². The van der Waals surface area contributed by atoms with Gasteiger partial charge in [0, 0.05) is 22.8 Å². The minimum Gasteiger partial charge on any atom is -0.366 e. The highest BCUT2D eigenvalue weighted by atomic mass is 35.5. The van der Waals surface area contributed by atoms with Crippen LogP contribution in [-0.4, -0.2) is 28.9 Å². The normalized spacial score (nSPS) is 20.9. The molecule has 1 saturated heterocycles. The summed E-state index contributed by atoms with van der Waals surface area (Å²) in [4.78, 5) is 29.2. The molecule has 1 unspecified atom stereocenters. The number of anilines is 1. The molecule has 0 saturated carbocycles. The first-order valence-electron chi connectivity index (χ1n) is 11.6. The van der Waals surface area contributed by atoms with Crippen molar-refractivity contribution in [3.8, 4) is 0 Å². The topological polar surface area (TPSA) is 52.7 Å². The zero-order chi connectivity index (χ0) is 23.9. The Morgan fingerprint density at radius 1 is 1.18 bits per heavy atom. The fraction of sp³-hybridized carbons (Fsp3) is 0.407. The quantitative estimate of drug-likeness (QED) is 0.419. The van der Waals surface area contributed by atoms with Gasteiger partial charge < -0.3 is 10.2 Å². The fourth-order valence-corrected chi connectivity index (χ4v) is 5.24. The van der Waals surface area contributed by atoms with Gasteiger partial charge in [0.1, 0.15) is 5.70 Å². The average molecular weight is 466 g/mol. The molecule has 0 bridgehead atoms. The summed E-state index contributed by atoms with van der Waals surface area (Å²) in [7, 11) is 0. The van der Waals surface area contributed by atoms with Crippen molar-refractivity contribution in [1.82, 2.24) is 10.2 Å². The van der Waals surface area contributed by atoms with E-state index in [-0.39, 0.29) is 23.7 Å². The monoisotopic (exact) mass is 465 g/mol. The molecular weight excluding hydrogens is 434 g/mol. The number of imide groups is 1. The van der Waals surface area contributed by atoms with Crippen LogP contribution in [0, 0.1) is 6.92 Å². The molecule has 0 radical (unpaired) electrons. The Hall–Kier alpha value is -2.79. The van der Waals surface area contributed by atoms with E-state index in [1.54, 1.807) is 6.08 Å². The first-order chi connectivity index (χ1) is 15.6. The number of benzene rings is 2. The number of carbonyl (C=O) groups is 2. The molecule has 33 heavy (non-hydrogen) atoms. The molecule has 4 rings (SSSR count). The number of carbonyl (C=O) groups excluding carboxylic acids is 2. The molecule has 2 aromatic rings. The Labute approximate surface area is 201 Å². The molecule has 2 aliphatic heterocycles. The van der Waals surface area contributed by atoms with E-state index in [9.17, 15) is 9.59 Å². The predicted molar refractivity (Wildman–Crippen MR) is 134 cm³/mol. The lowest BCUT2D eigenvalue weighted by Gasteiger charge is -2.47. The van der Waals surface area contributed by atoms with Crippen LogP contribution in [0.4, 0.5) is 10.5 Å². The van der Waals surface area contributed by atoms with Crippen molar-refractivity contribution in [2.75, 3.05) is 11.4 Å². The van der Waals surface area contributed by atoms with Gasteiger partial charge in [0.15, 0.2) is 0 Å². The highest BCUT2D eigenvalue weighted by Gasteiger charge is 2.37. The number of urea groups is 1. The van der Waals surface area contributed by atoms with Gasteiger partial charge in [-0.3, -0.25) is 9.69 Å². The second-order valence-corrected chi connectivity index (χ2v) is 10.3. The Morgan fingerprint density at radius 2 is 1.88 bits per heavy atom. The maximum Gasteiger partial charge on any atom is 0.329 e. The van der Waals surface area contributed by atoms with Crippen molar-refractivity contribution >= 4 is 35.3 Å². The highest BCUT2D eigenvalue weighted by Crippen LogP contribution is 2.45. The van der Waals surface area contributed by atoms with Crippen molar-refractivity contribution in [3.63, 3.8) is 0 Å². The minimum atomic E-state index is -0.412. The third-order valence-electron chi connectivity index (χ3n) is 6.67. The van der Waals surface area contributed by atoms with Crippen LogP contribution >= 0.6 is 11.6 Å². The standard InChI is InChI=1S/C27H32ClN3O2/c1-6-11-31-24-14-22(28)20(12-21(24)18(3)15-27(31,4)5)13-23-25(32)30(26(33)29-23)16-19-9-7-17(2)8-10-19/h7-10,12-14,18H,6,11,15-16H2,1-5H3,(H,29,33)/b23-13+. The highest BCUT2D eigenvalue weighted by molar-refractivity contribution is 6.32. The van der Waals surface area contributed by atoms with Crippen molar-refractivity contribution in [2.45, 2.75) is 65.5 Å². The number of halogens is 1. The molecule has 174 valence electrons. The Kier molecular flexibility index (Phi) is 6.28. The van der Waals surface area contributed by atoms with Crippen molar-refractivity contribution < 1.29 is 9.59 Å². The first-order valence-corrected chi connectivity index (χ1v) is 12.0. The average Bonchev–Trinajstić information content (AvgIpc) is 3.00. The molecule has 5 nitrogen and oxygen atoms in total. The van der Waals surface area contributed by atoms with E-state index in [2.05, 4.69) is 44.0 Å². The Bertz CT molecular complexity index is 1120. The molecule has 3 amide bonds. The SMILES string of the molecule is CCCN1c2cc(Cl)c(/C=C3/NC(=O)N(Cc4ccc(C)cc4)C3=O)cc2C(C)CC1(C)C. The van der Waals surface area contributed by atoms with E-state index in [1.807, 2.05) is 37.3 Å². The van der Waals surface area contributed by atoms with Gasteiger partial charge in [-0.1, -0.05) is 55.3 Å². The third-order valence-corrected chi connectivity index (χ3v) is 7.00. The largest absolute Gasteiger partial charge is 0.366 e. The maximum absolute atomic E-state index is 13.0. The number of aryl methyl sites for hydroxylation is 1. The lowest BCUT2D eigenvalue weighted by atomic mass is 9.79. The number of fused-ring (bicyclic) bond motifs is 1. The summed E-state index contributed by atoms with van der Waals surface area (Å²) in [5.74, 6) is 0.0283. The summed E-state index contributed by atoms with van der Waals surface area (Å²) in [5.41, 5.74) is 5.49. The van der Waals surface area contributed by atoms with Gasteiger partial charge >= 0.3 is 6.03 Å².